The van der Waals surface area contributed by atoms with E-state index in [2.05, 4.69) is 18.7 Å². The maximum Gasteiger partial charge on any atom is 0.150 e. The Morgan fingerprint density at radius 1 is 1.53 bits per heavy atom. The molecule has 0 saturated carbocycles. The van der Waals surface area contributed by atoms with Crippen molar-refractivity contribution in [3.05, 3.63) is 29.3 Å². The predicted octanol–water partition coefficient (Wildman–Crippen LogP) is 2.42. The lowest BCUT2D eigenvalue weighted by molar-refractivity contribution is 0.0384. The molecule has 1 aromatic carbocycles. The van der Waals surface area contributed by atoms with Gasteiger partial charge in [-0.1, -0.05) is 6.92 Å². The van der Waals surface area contributed by atoms with Crippen LogP contribution in [0.1, 0.15) is 29.3 Å². The number of rotatable bonds is 3. The molecule has 1 atom stereocenters. The third kappa shape index (κ3) is 2.67. The molecule has 17 heavy (non-hydrogen) atoms. The molecule has 0 spiro atoms. The topological polar surface area (TPSA) is 29.5 Å². The van der Waals surface area contributed by atoms with E-state index >= 15 is 0 Å². The average molecular weight is 233 g/mol. The highest BCUT2D eigenvalue weighted by Crippen LogP contribution is 2.23. The maximum absolute atomic E-state index is 10.7. The molecular weight excluding hydrogens is 214 g/mol. The zero-order valence-electron chi connectivity index (χ0n) is 10.5. The summed E-state index contributed by atoms with van der Waals surface area (Å²) in [4.78, 5) is 13.1. The van der Waals surface area contributed by atoms with E-state index in [-0.39, 0.29) is 0 Å². The van der Waals surface area contributed by atoms with Gasteiger partial charge in [-0.05, 0) is 37.1 Å². The van der Waals surface area contributed by atoms with E-state index < -0.39 is 0 Å². The van der Waals surface area contributed by atoms with Crippen LogP contribution in [0.2, 0.25) is 0 Å². The fourth-order valence-corrected chi connectivity index (χ4v) is 2.29. The molecule has 0 aromatic heterocycles. The van der Waals surface area contributed by atoms with Gasteiger partial charge in [0.1, 0.15) is 6.29 Å². The quantitative estimate of drug-likeness (QED) is 0.751. The van der Waals surface area contributed by atoms with Crippen molar-refractivity contribution in [2.45, 2.75) is 26.4 Å². The monoisotopic (exact) mass is 233 g/mol. The summed E-state index contributed by atoms with van der Waals surface area (Å²) in [6.45, 7) is 6.86. The molecule has 0 radical (unpaired) electrons. The first-order valence-electron chi connectivity index (χ1n) is 6.17. The van der Waals surface area contributed by atoms with Gasteiger partial charge in [-0.25, -0.2) is 0 Å². The molecule has 1 saturated heterocycles. The number of hydrogen-bond acceptors (Lipinski definition) is 3. The highest BCUT2D eigenvalue weighted by Gasteiger charge is 2.20. The van der Waals surface area contributed by atoms with Crippen LogP contribution in [0.25, 0.3) is 0 Å². The van der Waals surface area contributed by atoms with Gasteiger partial charge in [0.25, 0.3) is 0 Å². The van der Waals surface area contributed by atoms with Gasteiger partial charge >= 0.3 is 0 Å². The van der Waals surface area contributed by atoms with Crippen LogP contribution in [0.4, 0.5) is 5.69 Å². The van der Waals surface area contributed by atoms with Crippen LogP contribution in [0.5, 0.6) is 0 Å². The Morgan fingerprint density at radius 2 is 2.35 bits per heavy atom. The van der Waals surface area contributed by atoms with Crippen LogP contribution in [0.15, 0.2) is 18.2 Å². The third-order valence-electron chi connectivity index (χ3n) is 3.29. The van der Waals surface area contributed by atoms with Crippen LogP contribution in [0.3, 0.4) is 0 Å². The molecule has 1 aromatic rings. The van der Waals surface area contributed by atoms with Crippen molar-refractivity contribution in [3.8, 4) is 0 Å². The summed E-state index contributed by atoms with van der Waals surface area (Å²) in [5.41, 5.74) is 3.12. The number of aldehydes is 1. The highest BCUT2D eigenvalue weighted by atomic mass is 16.5. The number of morpholine rings is 1. The second kappa shape index (κ2) is 5.32. The summed E-state index contributed by atoms with van der Waals surface area (Å²) in [7, 11) is 0. The molecular formula is C14H19NO2. The van der Waals surface area contributed by atoms with Gasteiger partial charge in [0, 0.05) is 24.3 Å². The second-order valence-electron chi connectivity index (χ2n) is 4.51. The van der Waals surface area contributed by atoms with Crippen molar-refractivity contribution in [1.29, 1.82) is 0 Å². The molecule has 1 aliphatic rings. The van der Waals surface area contributed by atoms with E-state index in [1.54, 1.807) is 0 Å². The lowest BCUT2D eigenvalue weighted by Crippen LogP contribution is -2.42. The van der Waals surface area contributed by atoms with Gasteiger partial charge in [0.2, 0.25) is 0 Å². The summed E-state index contributed by atoms with van der Waals surface area (Å²) >= 11 is 0. The zero-order valence-corrected chi connectivity index (χ0v) is 10.5. The van der Waals surface area contributed by atoms with E-state index in [0.717, 1.165) is 43.5 Å². The van der Waals surface area contributed by atoms with Gasteiger partial charge in [0.05, 0.1) is 12.7 Å². The largest absolute Gasteiger partial charge is 0.375 e. The van der Waals surface area contributed by atoms with E-state index in [1.165, 1.54) is 5.69 Å². The van der Waals surface area contributed by atoms with Crippen LogP contribution in [-0.2, 0) is 4.74 Å². The summed E-state index contributed by atoms with van der Waals surface area (Å²) in [6.07, 6.45) is 2.27. The van der Waals surface area contributed by atoms with Crippen LogP contribution in [0, 0.1) is 6.92 Å². The van der Waals surface area contributed by atoms with Crippen molar-refractivity contribution < 1.29 is 9.53 Å². The van der Waals surface area contributed by atoms with Crippen molar-refractivity contribution >= 4 is 12.0 Å². The molecule has 1 aliphatic heterocycles. The minimum Gasteiger partial charge on any atom is -0.375 e. The normalized spacial score (nSPS) is 20.4. The van der Waals surface area contributed by atoms with Gasteiger partial charge in [-0.3, -0.25) is 4.79 Å². The average Bonchev–Trinajstić information content (AvgIpc) is 2.38. The molecule has 0 bridgehead atoms. The zero-order chi connectivity index (χ0) is 12.3. The molecule has 0 aliphatic carbocycles. The first-order valence-corrected chi connectivity index (χ1v) is 6.17. The molecule has 1 fully saturated rings. The number of aryl methyl sites for hydroxylation is 1. The number of anilines is 1. The summed E-state index contributed by atoms with van der Waals surface area (Å²) in [5.74, 6) is 0. The number of ether oxygens (including phenoxy) is 1. The van der Waals surface area contributed by atoms with Crippen molar-refractivity contribution in [2.75, 3.05) is 24.6 Å². The Labute approximate surface area is 102 Å². The molecule has 0 amide bonds. The SMILES string of the molecule is CCC1CN(c2ccc(C=O)cc2C)CCO1. The van der Waals surface area contributed by atoms with E-state index in [4.69, 9.17) is 4.74 Å². The van der Waals surface area contributed by atoms with Gasteiger partial charge in [-0.15, -0.1) is 0 Å². The molecule has 1 unspecified atom stereocenters. The number of benzene rings is 1. The molecule has 3 heteroatoms. The summed E-state index contributed by atoms with van der Waals surface area (Å²) < 4.78 is 5.67. The van der Waals surface area contributed by atoms with Crippen molar-refractivity contribution in [3.63, 3.8) is 0 Å². The smallest absolute Gasteiger partial charge is 0.150 e. The van der Waals surface area contributed by atoms with Gasteiger partial charge in [-0.2, -0.15) is 0 Å². The minimum absolute atomic E-state index is 0.328. The Bertz CT molecular complexity index is 403. The van der Waals surface area contributed by atoms with Gasteiger partial charge < -0.3 is 9.64 Å². The molecule has 0 N–H and O–H groups in total. The maximum atomic E-state index is 10.7. The fraction of sp³-hybridized carbons (Fsp3) is 0.500. The summed E-state index contributed by atoms with van der Waals surface area (Å²) in [5, 5.41) is 0. The lowest BCUT2D eigenvalue weighted by Gasteiger charge is -2.35. The summed E-state index contributed by atoms with van der Waals surface area (Å²) in [6, 6.07) is 5.86. The first-order chi connectivity index (χ1) is 8.24. The van der Waals surface area contributed by atoms with Crippen LogP contribution < -0.4 is 4.90 Å². The minimum atomic E-state index is 0.328. The van der Waals surface area contributed by atoms with Crippen molar-refractivity contribution in [2.24, 2.45) is 0 Å². The Morgan fingerprint density at radius 3 is 3.00 bits per heavy atom. The number of carbonyl (C=O) groups is 1. The molecule has 2 rings (SSSR count). The van der Waals surface area contributed by atoms with E-state index in [9.17, 15) is 4.79 Å². The standard InChI is InChI=1S/C14H19NO2/c1-3-13-9-15(6-7-17-13)14-5-4-12(10-16)8-11(14)2/h4-5,8,10,13H,3,6-7,9H2,1-2H3. The molecule has 92 valence electrons. The van der Waals surface area contributed by atoms with Crippen molar-refractivity contribution in [1.82, 2.24) is 0 Å². The lowest BCUT2D eigenvalue weighted by atomic mass is 10.1. The Balaban J connectivity index is 2.18. The number of hydrogen-bond donors (Lipinski definition) is 0. The third-order valence-corrected chi connectivity index (χ3v) is 3.29. The highest BCUT2D eigenvalue weighted by molar-refractivity contribution is 5.77. The Kier molecular flexibility index (Phi) is 3.79. The van der Waals surface area contributed by atoms with E-state index in [0.29, 0.717) is 6.10 Å². The van der Waals surface area contributed by atoms with Gasteiger partial charge in [0.15, 0.2) is 0 Å². The number of nitrogens with zero attached hydrogens (tertiary/aromatic N) is 1. The second-order valence-corrected chi connectivity index (χ2v) is 4.51. The van der Waals surface area contributed by atoms with Crippen LogP contribution >= 0.6 is 0 Å². The predicted molar refractivity (Wildman–Crippen MR) is 68.8 cm³/mol. The fourth-order valence-electron chi connectivity index (χ4n) is 2.29. The number of carbonyl (C=O) groups excluding carboxylic acids is 1. The molecule has 3 nitrogen and oxygen atoms in total. The van der Waals surface area contributed by atoms with Crippen LogP contribution in [-0.4, -0.2) is 32.1 Å². The Hall–Kier alpha value is -1.35. The first kappa shape index (κ1) is 12.1. The molecule has 1 heterocycles. The van der Waals surface area contributed by atoms with E-state index in [1.807, 2.05) is 18.2 Å².